The van der Waals surface area contributed by atoms with Crippen molar-refractivity contribution < 1.29 is 9.18 Å². The van der Waals surface area contributed by atoms with Crippen LogP contribution in [-0.4, -0.2) is 5.78 Å². The van der Waals surface area contributed by atoms with Gasteiger partial charge in [0, 0.05) is 10.6 Å². The van der Waals surface area contributed by atoms with Gasteiger partial charge in [0.15, 0.2) is 12.0 Å². The summed E-state index contributed by atoms with van der Waals surface area (Å²) >= 11 is 5.67. The van der Waals surface area contributed by atoms with E-state index in [0.29, 0.717) is 5.02 Å². The molecule has 64 valence electrons. The zero-order valence-electron chi connectivity index (χ0n) is 6.55. The van der Waals surface area contributed by atoms with E-state index >= 15 is 0 Å². The first kappa shape index (κ1) is 9.20. The molecule has 3 heteroatoms. The van der Waals surface area contributed by atoms with Crippen LogP contribution in [0, 0.1) is 0 Å². The van der Waals surface area contributed by atoms with Gasteiger partial charge in [-0.2, -0.15) is 0 Å². The summed E-state index contributed by atoms with van der Waals surface area (Å²) in [5, 5.41) is 0.292. The summed E-state index contributed by atoms with van der Waals surface area (Å²) in [5.74, 6) is -0.525. The van der Waals surface area contributed by atoms with Crippen molar-refractivity contribution in [3.63, 3.8) is 0 Å². The van der Waals surface area contributed by atoms with Gasteiger partial charge >= 0.3 is 0 Å². The average Bonchev–Trinajstić information content (AvgIpc) is 2.04. The summed E-state index contributed by atoms with van der Waals surface area (Å²) < 4.78 is 13.1. The largest absolute Gasteiger partial charge is 0.296 e. The molecule has 0 bridgehead atoms. The number of alkyl halides is 1. The molecule has 0 saturated carbocycles. The van der Waals surface area contributed by atoms with Crippen molar-refractivity contribution in [1.29, 1.82) is 0 Å². The Bertz CT molecular complexity index is 298. The van der Waals surface area contributed by atoms with E-state index in [9.17, 15) is 9.18 Å². The lowest BCUT2D eigenvalue weighted by Crippen LogP contribution is -2.02. The second-order valence-electron chi connectivity index (χ2n) is 2.49. The highest BCUT2D eigenvalue weighted by Gasteiger charge is 2.16. The molecule has 0 aromatic heterocycles. The van der Waals surface area contributed by atoms with E-state index in [4.69, 9.17) is 11.6 Å². The van der Waals surface area contributed by atoms with Crippen LogP contribution >= 0.6 is 11.6 Å². The summed E-state index contributed by atoms with van der Waals surface area (Å²) in [7, 11) is 0. The summed E-state index contributed by atoms with van der Waals surface area (Å²) in [6, 6.07) is 6.41. The molecule has 1 nitrogen and oxygen atoms in total. The third-order valence-corrected chi connectivity index (χ3v) is 1.88. The van der Waals surface area contributed by atoms with Gasteiger partial charge in [-0.1, -0.05) is 29.8 Å². The Hall–Kier alpha value is -0.890. The maximum absolute atomic E-state index is 13.1. The number of rotatable bonds is 2. The van der Waals surface area contributed by atoms with Gasteiger partial charge in [0.05, 0.1) is 0 Å². The van der Waals surface area contributed by atoms with E-state index in [2.05, 4.69) is 0 Å². The van der Waals surface area contributed by atoms with Gasteiger partial charge in [0.1, 0.15) is 0 Å². The fraction of sp³-hybridized carbons (Fsp3) is 0.222. The van der Waals surface area contributed by atoms with Crippen LogP contribution in [0.4, 0.5) is 4.39 Å². The molecular formula is C9H8ClFO. The molecule has 1 unspecified atom stereocenters. The molecule has 0 aliphatic rings. The lowest BCUT2D eigenvalue weighted by Gasteiger charge is -2.05. The minimum absolute atomic E-state index is 0.242. The van der Waals surface area contributed by atoms with Gasteiger partial charge in [-0.15, -0.1) is 0 Å². The summed E-state index contributed by atoms with van der Waals surface area (Å²) in [5.41, 5.74) is 0.242. The number of benzene rings is 1. The Morgan fingerprint density at radius 3 is 2.58 bits per heavy atom. The van der Waals surface area contributed by atoms with Crippen molar-refractivity contribution in [3.8, 4) is 0 Å². The van der Waals surface area contributed by atoms with Crippen LogP contribution in [0.25, 0.3) is 0 Å². The predicted molar refractivity (Wildman–Crippen MR) is 46.0 cm³/mol. The molecule has 1 aromatic rings. The predicted octanol–water partition coefficient (Wildman–Crippen LogP) is 2.94. The Kier molecular flexibility index (Phi) is 2.82. The maximum Gasteiger partial charge on any atom is 0.184 e. The van der Waals surface area contributed by atoms with Crippen LogP contribution in [-0.2, 0) is 4.79 Å². The van der Waals surface area contributed by atoms with E-state index in [1.54, 1.807) is 18.2 Å². The van der Waals surface area contributed by atoms with E-state index in [-0.39, 0.29) is 5.56 Å². The molecule has 1 aromatic carbocycles. The lowest BCUT2D eigenvalue weighted by molar-refractivity contribution is -0.121. The first-order chi connectivity index (χ1) is 5.63. The van der Waals surface area contributed by atoms with Gasteiger partial charge < -0.3 is 0 Å². The Balaban J connectivity index is 3.02. The fourth-order valence-electron chi connectivity index (χ4n) is 0.900. The van der Waals surface area contributed by atoms with E-state index < -0.39 is 12.0 Å². The molecular weight excluding hydrogens is 179 g/mol. The van der Waals surface area contributed by atoms with E-state index in [0.717, 1.165) is 0 Å². The van der Waals surface area contributed by atoms with Crippen LogP contribution in [0.1, 0.15) is 18.7 Å². The molecule has 0 heterocycles. The van der Waals surface area contributed by atoms with Crippen molar-refractivity contribution in [3.05, 3.63) is 34.9 Å². The van der Waals surface area contributed by atoms with Gasteiger partial charge in [-0.05, 0) is 13.0 Å². The minimum atomic E-state index is -1.60. The molecule has 1 atom stereocenters. The molecule has 0 saturated heterocycles. The van der Waals surface area contributed by atoms with Crippen LogP contribution in [0.2, 0.25) is 5.02 Å². The SMILES string of the molecule is CC(=O)C(F)c1ccccc1Cl. The molecule has 1 rings (SSSR count). The van der Waals surface area contributed by atoms with Gasteiger partial charge in [0.25, 0.3) is 0 Å². The minimum Gasteiger partial charge on any atom is -0.296 e. The maximum atomic E-state index is 13.1. The summed E-state index contributed by atoms with van der Waals surface area (Å²) in [4.78, 5) is 10.7. The van der Waals surface area contributed by atoms with Crippen molar-refractivity contribution >= 4 is 17.4 Å². The number of Topliss-reactive ketones (excluding diaryl/α,β-unsaturated/α-hetero) is 1. The first-order valence-electron chi connectivity index (χ1n) is 3.52. The molecule has 0 radical (unpaired) electrons. The Morgan fingerprint density at radius 1 is 1.50 bits per heavy atom. The Morgan fingerprint density at radius 2 is 2.08 bits per heavy atom. The smallest absolute Gasteiger partial charge is 0.184 e. The normalized spacial score (nSPS) is 12.6. The quantitative estimate of drug-likeness (QED) is 0.694. The van der Waals surface area contributed by atoms with Crippen molar-refractivity contribution in [1.82, 2.24) is 0 Å². The zero-order chi connectivity index (χ0) is 9.14. The van der Waals surface area contributed by atoms with E-state index in [1.165, 1.54) is 13.0 Å². The average molecular weight is 187 g/mol. The van der Waals surface area contributed by atoms with Crippen molar-refractivity contribution in [2.75, 3.05) is 0 Å². The van der Waals surface area contributed by atoms with Crippen LogP contribution in [0.15, 0.2) is 24.3 Å². The lowest BCUT2D eigenvalue weighted by atomic mass is 10.1. The second-order valence-corrected chi connectivity index (χ2v) is 2.90. The molecule has 12 heavy (non-hydrogen) atoms. The van der Waals surface area contributed by atoms with Gasteiger partial charge in [-0.3, -0.25) is 4.79 Å². The van der Waals surface area contributed by atoms with Gasteiger partial charge in [0.2, 0.25) is 0 Å². The zero-order valence-corrected chi connectivity index (χ0v) is 7.31. The number of carbonyl (C=O) groups excluding carboxylic acids is 1. The summed E-state index contributed by atoms with van der Waals surface area (Å²) in [6.45, 7) is 1.20. The molecule has 0 aliphatic heterocycles. The molecule has 0 spiro atoms. The second kappa shape index (κ2) is 3.68. The van der Waals surface area contributed by atoms with Crippen LogP contribution < -0.4 is 0 Å². The van der Waals surface area contributed by atoms with E-state index in [1.807, 2.05) is 0 Å². The number of hydrogen-bond acceptors (Lipinski definition) is 1. The van der Waals surface area contributed by atoms with Crippen molar-refractivity contribution in [2.24, 2.45) is 0 Å². The topological polar surface area (TPSA) is 17.1 Å². The fourth-order valence-corrected chi connectivity index (χ4v) is 1.13. The number of halogens is 2. The number of carbonyl (C=O) groups is 1. The molecule has 0 N–H and O–H groups in total. The highest BCUT2D eigenvalue weighted by atomic mass is 35.5. The Labute approximate surface area is 75.2 Å². The molecule has 0 fully saturated rings. The van der Waals surface area contributed by atoms with Crippen molar-refractivity contribution in [2.45, 2.75) is 13.1 Å². The third-order valence-electron chi connectivity index (χ3n) is 1.54. The highest BCUT2D eigenvalue weighted by Crippen LogP contribution is 2.25. The highest BCUT2D eigenvalue weighted by molar-refractivity contribution is 6.31. The molecule has 0 aliphatic carbocycles. The molecule has 0 amide bonds. The van der Waals surface area contributed by atoms with Crippen LogP contribution in [0.3, 0.4) is 0 Å². The standard InChI is InChI=1S/C9H8ClFO/c1-6(12)9(11)7-4-2-3-5-8(7)10/h2-5,9H,1H3. The first-order valence-corrected chi connectivity index (χ1v) is 3.89. The number of hydrogen-bond donors (Lipinski definition) is 0. The monoisotopic (exact) mass is 186 g/mol. The number of ketones is 1. The van der Waals surface area contributed by atoms with Gasteiger partial charge in [-0.25, -0.2) is 4.39 Å². The summed E-state index contributed by atoms with van der Waals surface area (Å²) in [6.07, 6.45) is -1.60. The third kappa shape index (κ3) is 1.83. The van der Waals surface area contributed by atoms with Crippen LogP contribution in [0.5, 0.6) is 0 Å².